The lowest BCUT2D eigenvalue weighted by molar-refractivity contribution is -0.140. The van der Waals surface area contributed by atoms with Crippen molar-refractivity contribution in [2.24, 2.45) is 0 Å². The molecule has 0 saturated heterocycles. The van der Waals surface area contributed by atoms with Crippen LogP contribution >= 0.6 is 0 Å². The van der Waals surface area contributed by atoms with Crippen molar-refractivity contribution in [1.82, 2.24) is 0 Å². The highest BCUT2D eigenvalue weighted by Gasteiger charge is 2.14. The van der Waals surface area contributed by atoms with Gasteiger partial charge in [0.05, 0.1) is 26.9 Å². The first kappa shape index (κ1) is 18.4. The molecule has 0 aliphatic carbocycles. The van der Waals surface area contributed by atoms with Crippen LogP contribution in [0, 0.1) is 0 Å². The predicted molar refractivity (Wildman–Crippen MR) is 96.0 cm³/mol. The van der Waals surface area contributed by atoms with Gasteiger partial charge in [-0.3, -0.25) is 0 Å². The molecular weight excluding hydrogens is 320 g/mol. The fourth-order valence-corrected chi connectivity index (χ4v) is 2.29. The van der Waals surface area contributed by atoms with Crippen molar-refractivity contribution in [3.63, 3.8) is 0 Å². The summed E-state index contributed by atoms with van der Waals surface area (Å²) >= 11 is 0. The molecule has 0 spiro atoms. The number of ether oxygens (including phenoxy) is 4. The third-order valence-electron chi connectivity index (χ3n) is 3.65. The highest BCUT2D eigenvalue weighted by Crippen LogP contribution is 2.35. The number of hydrogen-bond acceptors (Lipinski definition) is 5. The topological polar surface area (TPSA) is 54.0 Å². The lowest BCUT2D eigenvalue weighted by atomic mass is 10.1. The highest BCUT2D eigenvalue weighted by atomic mass is 16.5. The zero-order chi connectivity index (χ0) is 18.2. The van der Waals surface area contributed by atoms with E-state index in [1.54, 1.807) is 46.5 Å². The van der Waals surface area contributed by atoms with Gasteiger partial charge in [0.2, 0.25) is 0 Å². The zero-order valence-corrected chi connectivity index (χ0v) is 14.9. The predicted octanol–water partition coefficient (Wildman–Crippen LogP) is 3.86. The molecule has 0 radical (unpaired) electrons. The Morgan fingerprint density at radius 3 is 2.08 bits per heavy atom. The van der Waals surface area contributed by atoms with E-state index in [9.17, 15) is 4.79 Å². The second-order valence-corrected chi connectivity index (χ2v) is 5.33. The average Bonchev–Trinajstić information content (AvgIpc) is 2.66. The van der Waals surface area contributed by atoms with E-state index in [1.165, 1.54) is 0 Å². The van der Waals surface area contributed by atoms with Crippen molar-refractivity contribution in [2.45, 2.75) is 13.5 Å². The number of benzene rings is 2. The molecule has 0 fully saturated rings. The van der Waals surface area contributed by atoms with Gasteiger partial charge in [0.25, 0.3) is 0 Å². The Hall–Kier alpha value is -2.95. The van der Waals surface area contributed by atoms with Crippen LogP contribution in [0.1, 0.15) is 18.1 Å². The number of rotatable bonds is 7. The molecule has 5 heteroatoms. The molecule has 2 aromatic carbocycles. The van der Waals surface area contributed by atoms with Crippen LogP contribution in [-0.4, -0.2) is 27.3 Å². The fraction of sp³-hybridized carbons (Fsp3) is 0.250. The normalized spacial score (nSPS) is 11.0. The summed E-state index contributed by atoms with van der Waals surface area (Å²) in [4.78, 5) is 12.2. The molecule has 2 rings (SSSR count). The van der Waals surface area contributed by atoms with E-state index in [0.29, 0.717) is 28.4 Å². The van der Waals surface area contributed by atoms with Gasteiger partial charge in [-0.1, -0.05) is 30.3 Å². The minimum atomic E-state index is -0.399. The Morgan fingerprint density at radius 2 is 1.56 bits per heavy atom. The molecule has 0 aliphatic rings. The van der Waals surface area contributed by atoms with E-state index in [1.807, 2.05) is 30.3 Å². The smallest absolute Gasteiger partial charge is 0.334 e. The SMILES string of the molecule is COc1cc(OC)c(C=C(C)C(=O)OCc2ccccc2)c(OC)c1. The van der Waals surface area contributed by atoms with Crippen LogP contribution in [0.25, 0.3) is 6.08 Å². The van der Waals surface area contributed by atoms with Gasteiger partial charge in [-0.2, -0.15) is 0 Å². The maximum atomic E-state index is 12.2. The second kappa shape index (κ2) is 8.78. The molecule has 132 valence electrons. The van der Waals surface area contributed by atoms with Crippen LogP contribution in [0.2, 0.25) is 0 Å². The maximum absolute atomic E-state index is 12.2. The fourth-order valence-electron chi connectivity index (χ4n) is 2.29. The quantitative estimate of drug-likeness (QED) is 0.565. The molecule has 5 nitrogen and oxygen atoms in total. The van der Waals surface area contributed by atoms with E-state index in [0.717, 1.165) is 5.56 Å². The molecule has 2 aromatic rings. The summed E-state index contributed by atoms with van der Waals surface area (Å²) in [6.45, 7) is 1.91. The molecule has 0 unspecified atom stereocenters. The van der Waals surface area contributed by atoms with Gasteiger partial charge < -0.3 is 18.9 Å². The van der Waals surface area contributed by atoms with Crippen LogP contribution in [0.3, 0.4) is 0 Å². The summed E-state index contributed by atoms with van der Waals surface area (Å²) < 4.78 is 21.3. The maximum Gasteiger partial charge on any atom is 0.334 e. The Bertz CT molecular complexity index is 725. The number of carbonyl (C=O) groups excluding carboxylic acids is 1. The molecule has 0 atom stereocenters. The van der Waals surface area contributed by atoms with Crippen molar-refractivity contribution >= 4 is 12.0 Å². The average molecular weight is 342 g/mol. The Morgan fingerprint density at radius 1 is 0.960 bits per heavy atom. The molecule has 25 heavy (non-hydrogen) atoms. The van der Waals surface area contributed by atoms with Crippen molar-refractivity contribution in [3.8, 4) is 17.2 Å². The first-order chi connectivity index (χ1) is 12.1. The zero-order valence-electron chi connectivity index (χ0n) is 14.9. The van der Waals surface area contributed by atoms with Gasteiger partial charge in [-0.25, -0.2) is 4.79 Å². The van der Waals surface area contributed by atoms with Gasteiger partial charge in [-0.05, 0) is 18.6 Å². The number of carbonyl (C=O) groups is 1. The number of hydrogen-bond donors (Lipinski definition) is 0. The summed E-state index contributed by atoms with van der Waals surface area (Å²) in [5.74, 6) is 1.30. The first-order valence-electron chi connectivity index (χ1n) is 7.78. The summed E-state index contributed by atoms with van der Waals surface area (Å²) in [6, 6.07) is 13.0. The first-order valence-corrected chi connectivity index (χ1v) is 7.78. The minimum absolute atomic E-state index is 0.224. The van der Waals surface area contributed by atoms with Crippen LogP contribution in [0.5, 0.6) is 17.2 Å². The molecule has 0 saturated carbocycles. The van der Waals surface area contributed by atoms with Gasteiger partial charge in [-0.15, -0.1) is 0 Å². The highest BCUT2D eigenvalue weighted by molar-refractivity contribution is 5.94. The molecule has 0 heterocycles. The lowest BCUT2D eigenvalue weighted by Gasteiger charge is -2.13. The van der Waals surface area contributed by atoms with Crippen molar-refractivity contribution in [3.05, 3.63) is 59.2 Å². The summed E-state index contributed by atoms with van der Waals surface area (Å²) in [5.41, 5.74) is 2.03. The number of esters is 1. The van der Waals surface area contributed by atoms with Crippen molar-refractivity contribution < 1.29 is 23.7 Å². The summed E-state index contributed by atoms with van der Waals surface area (Å²) in [7, 11) is 4.67. The Labute approximate surface area is 147 Å². The van der Waals surface area contributed by atoms with Gasteiger partial charge in [0.1, 0.15) is 23.9 Å². The Balaban J connectivity index is 2.21. The molecule has 0 aromatic heterocycles. The summed E-state index contributed by atoms with van der Waals surface area (Å²) in [6.07, 6.45) is 1.68. The van der Waals surface area contributed by atoms with Gasteiger partial charge in [0, 0.05) is 17.7 Å². The largest absolute Gasteiger partial charge is 0.496 e. The number of methoxy groups -OCH3 is 3. The second-order valence-electron chi connectivity index (χ2n) is 5.33. The third-order valence-corrected chi connectivity index (χ3v) is 3.65. The standard InChI is InChI=1S/C20H22O5/c1-14(20(21)25-13-15-8-6-5-7-9-15)10-17-18(23-3)11-16(22-2)12-19(17)24-4/h5-12H,13H2,1-4H3. The van der Waals surface area contributed by atoms with E-state index in [2.05, 4.69) is 0 Å². The Kier molecular flexibility index (Phi) is 6.46. The van der Waals surface area contributed by atoms with Crippen molar-refractivity contribution in [2.75, 3.05) is 21.3 Å². The van der Waals surface area contributed by atoms with Gasteiger partial charge in [0.15, 0.2) is 0 Å². The minimum Gasteiger partial charge on any atom is -0.496 e. The van der Waals surface area contributed by atoms with E-state index in [-0.39, 0.29) is 6.61 Å². The van der Waals surface area contributed by atoms with Crippen LogP contribution in [-0.2, 0) is 16.1 Å². The molecule has 0 aliphatic heterocycles. The van der Waals surface area contributed by atoms with Gasteiger partial charge >= 0.3 is 5.97 Å². The van der Waals surface area contributed by atoms with Crippen LogP contribution in [0.15, 0.2) is 48.0 Å². The lowest BCUT2D eigenvalue weighted by Crippen LogP contribution is -2.06. The summed E-state index contributed by atoms with van der Waals surface area (Å²) in [5, 5.41) is 0. The third kappa shape index (κ3) is 4.76. The molecular formula is C20H22O5. The van der Waals surface area contributed by atoms with E-state index < -0.39 is 5.97 Å². The monoisotopic (exact) mass is 342 g/mol. The molecule has 0 N–H and O–H groups in total. The van der Waals surface area contributed by atoms with E-state index >= 15 is 0 Å². The molecule has 0 amide bonds. The van der Waals surface area contributed by atoms with Crippen molar-refractivity contribution in [1.29, 1.82) is 0 Å². The van der Waals surface area contributed by atoms with Crippen LogP contribution in [0.4, 0.5) is 0 Å². The van der Waals surface area contributed by atoms with E-state index in [4.69, 9.17) is 18.9 Å². The molecule has 0 bridgehead atoms. The van der Waals surface area contributed by atoms with Crippen LogP contribution < -0.4 is 14.2 Å².